The summed E-state index contributed by atoms with van der Waals surface area (Å²) >= 11 is 0. The summed E-state index contributed by atoms with van der Waals surface area (Å²) in [5.41, 5.74) is 4.13. The summed E-state index contributed by atoms with van der Waals surface area (Å²) in [6.07, 6.45) is 1.63. The summed E-state index contributed by atoms with van der Waals surface area (Å²) in [7, 11) is 0. The summed E-state index contributed by atoms with van der Waals surface area (Å²) in [5.74, 6) is 0. The molecule has 0 radical (unpaired) electrons. The number of aryl methyl sites for hydroxylation is 3. The lowest BCUT2D eigenvalue weighted by atomic mass is 10.1. The molecule has 1 aliphatic rings. The van der Waals surface area contributed by atoms with Crippen LogP contribution in [-0.4, -0.2) is 39.2 Å². The van der Waals surface area contributed by atoms with Crippen LogP contribution < -0.4 is 0 Å². The summed E-state index contributed by atoms with van der Waals surface area (Å²) < 4.78 is 0. The fourth-order valence-electron chi connectivity index (χ4n) is 2.20. The Balaban J connectivity index is 2.06. The molecule has 4 heteroatoms. The molecule has 1 N–H and O–H groups in total. The molecule has 4 nitrogen and oxygen atoms in total. The molecule has 1 aliphatic heterocycles. The third kappa shape index (κ3) is 3.01. The first-order chi connectivity index (χ1) is 8.06. The van der Waals surface area contributed by atoms with Gasteiger partial charge in [0.2, 0.25) is 0 Å². The molecule has 0 atom stereocenters. The van der Waals surface area contributed by atoms with Crippen LogP contribution in [0.25, 0.3) is 0 Å². The fraction of sp³-hybridized carbons (Fsp3) is 0.692. The summed E-state index contributed by atoms with van der Waals surface area (Å²) in [6, 6.07) is 0. The maximum Gasteiger partial charge on any atom is 0.0759 e. The van der Waals surface area contributed by atoms with Crippen molar-refractivity contribution in [1.82, 2.24) is 14.9 Å². The Hall–Kier alpha value is -1.00. The zero-order valence-electron chi connectivity index (χ0n) is 10.9. The number of aliphatic hydroxyl groups is 1. The molecule has 2 heterocycles. The topological polar surface area (TPSA) is 49.2 Å². The van der Waals surface area contributed by atoms with Crippen molar-refractivity contribution in [3.05, 3.63) is 22.8 Å². The summed E-state index contributed by atoms with van der Waals surface area (Å²) in [6.45, 7) is 8.78. The van der Waals surface area contributed by atoms with Gasteiger partial charge in [0, 0.05) is 19.6 Å². The number of nitrogens with zero attached hydrogens (tertiary/aromatic N) is 3. The van der Waals surface area contributed by atoms with Gasteiger partial charge in [-0.1, -0.05) is 0 Å². The van der Waals surface area contributed by atoms with E-state index in [1.165, 1.54) is 0 Å². The molecule has 0 saturated carbocycles. The molecule has 1 saturated heterocycles. The van der Waals surface area contributed by atoms with Crippen LogP contribution in [-0.2, 0) is 6.54 Å². The van der Waals surface area contributed by atoms with Crippen LogP contribution >= 0.6 is 0 Å². The minimum atomic E-state index is -0.113. The molecule has 0 bridgehead atoms. The first-order valence-electron chi connectivity index (χ1n) is 6.27. The lowest BCUT2D eigenvalue weighted by Gasteiger charge is -2.29. The number of aliphatic hydroxyl groups excluding tert-OH is 1. The van der Waals surface area contributed by atoms with E-state index in [4.69, 9.17) is 0 Å². The van der Waals surface area contributed by atoms with Crippen molar-refractivity contribution in [3.63, 3.8) is 0 Å². The molecule has 0 spiro atoms. The van der Waals surface area contributed by atoms with Gasteiger partial charge in [-0.15, -0.1) is 0 Å². The maximum atomic E-state index is 9.47. The zero-order valence-corrected chi connectivity index (χ0v) is 10.9. The van der Waals surface area contributed by atoms with Crippen molar-refractivity contribution in [2.24, 2.45) is 0 Å². The van der Waals surface area contributed by atoms with E-state index in [1.807, 2.05) is 20.8 Å². The number of likely N-dealkylation sites (tertiary alicyclic amines) is 1. The van der Waals surface area contributed by atoms with Crippen LogP contribution in [0.5, 0.6) is 0 Å². The average molecular weight is 235 g/mol. The van der Waals surface area contributed by atoms with Gasteiger partial charge in [-0.25, -0.2) is 0 Å². The Morgan fingerprint density at radius 3 is 2.29 bits per heavy atom. The fourth-order valence-corrected chi connectivity index (χ4v) is 2.20. The number of hydrogen-bond acceptors (Lipinski definition) is 4. The summed E-state index contributed by atoms with van der Waals surface area (Å²) in [5, 5.41) is 9.47. The first-order valence-corrected chi connectivity index (χ1v) is 6.27. The predicted molar refractivity (Wildman–Crippen MR) is 66.8 cm³/mol. The lowest BCUT2D eigenvalue weighted by molar-refractivity contribution is 0.0785. The molecule has 17 heavy (non-hydrogen) atoms. The van der Waals surface area contributed by atoms with Crippen LogP contribution in [0.4, 0.5) is 0 Å². The number of rotatable bonds is 2. The standard InChI is InChI=1S/C13H21N3O/c1-9-10(2)15-13(11(3)14-9)8-16-6-4-12(17)5-7-16/h12,17H,4-8H2,1-3H3. The Bertz CT molecular complexity index is 398. The Morgan fingerprint density at radius 2 is 1.65 bits per heavy atom. The second-order valence-electron chi connectivity index (χ2n) is 4.93. The van der Waals surface area contributed by atoms with E-state index in [1.54, 1.807) is 0 Å². The van der Waals surface area contributed by atoms with Crippen LogP contribution in [0.2, 0.25) is 0 Å². The zero-order chi connectivity index (χ0) is 12.4. The Kier molecular flexibility index (Phi) is 3.74. The van der Waals surface area contributed by atoms with Gasteiger partial charge in [0.05, 0.1) is 28.9 Å². The van der Waals surface area contributed by atoms with Crippen molar-refractivity contribution in [2.75, 3.05) is 13.1 Å². The average Bonchev–Trinajstić information content (AvgIpc) is 2.29. The molecular weight excluding hydrogens is 214 g/mol. The highest BCUT2D eigenvalue weighted by Gasteiger charge is 2.18. The van der Waals surface area contributed by atoms with E-state index < -0.39 is 0 Å². The molecule has 94 valence electrons. The monoisotopic (exact) mass is 235 g/mol. The molecule has 0 aromatic carbocycles. The van der Waals surface area contributed by atoms with E-state index in [2.05, 4.69) is 14.9 Å². The molecule has 0 aliphatic carbocycles. The smallest absolute Gasteiger partial charge is 0.0759 e. The first kappa shape index (κ1) is 12.5. The second-order valence-corrected chi connectivity index (χ2v) is 4.93. The molecule has 1 aromatic rings. The van der Waals surface area contributed by atoms with Crippen LogP contribution in [0.1, 0.15) is 35.6 Å². The molecule has 1 aromatic heterocycles. The number of aromatic nitrogens is 2. The van der Waals surface area contributed by atoms with Crippen molar-refractivity contribution in [1.29, 1.82) is 0 Å². The number of hydrogen-bond donors (Lipinski definition) is 1. The van der Waals surface area contributed by atoms with Gasteiger partial charge in [0.1, 0.15) is 0 Å². The largest absolute Gasteiger partial charge is 0.393 e. The van der Waals surface area contributed by atoms with Gasteiger partial charge < -0.3 is 5.11 Å². The van der Waals surface area contributed by atoms with Crippen LogP contribution in [0.3, 0.4) is 0 Å². The number of piperidine rings is 1. The van der Waals surface area contributed by atoms with E-state index in [0.29, 0.717) is 0 Å². The van der Waals surface area contributed by atoms with Crippen molar-refractivity contribution in [3.8, 4) is 0 Å². The minimum absolute atomic E-state index is 0.113. The third-order valence-electron chi connectivity index (χ3n) is 3.51. The van der Waals surface area contributed by atoms with E-state index in [0.717, 1.165) is 55.3 Å². The van der Waals surface area contributed by atoms with Gasteiger partial charge in [0.15, 0.2) is 0 Å². The van der Waals surface area contributed by atoms with Gasteiger partial charge in [0.25, 0.3) is 0 Å². The van der Waals surface area contributed by atoms with Crippen LogP contribution in [0, 0.1) is 20.8 Å². The van der Waals surface area contributed by atoms with Gasteiger partial charge in [-0.05, 0) is 33.6 Å². The molecule has 2 rings (SSSR count). The van der Waals surface area contributed by atoms with Crippen molar-refractivity contribution >= 4 is 0 Å². The summed E-state index contributed by atoms with van der Waals surface area (Å²) in [4.78, 5) is 11.5. The Labute approximate surface area is 103 Å². The lowest BCUT2D eigenvalue weighted by Crippen LogP contribution is -2.35. The third-order valence-corrected chi connectivity index (χ3v) is 3.51. The highest BCUT2D eigenvalue weighted by Crippen LogP contribution is 2.15. The normalized spacial score (nSPS) is 18.6. The van der Waals surface area contributed by atoms with Crippen molar-refractivity contribution < 1.29 is 5.11 Å². The second kappa shape index (κ2) is 5.10. The molecule has 0 amide bonds. The van der Waals surface area contributed by atoms with Crippen LogP contribution in [0.15, 0.2) is 0 Å². The molecular formula is C13H21N3O. The quantitative estimate of drug-likeness (QED) is 0.841. The van der Waals surface area contributed by atoms with E-state index in [9.17, 15) is 5.11 Å². The maximum absolute atomic E-state index is 9.47. The van der Waals surface area contributed by atoms with Gasteiger partial charge in [-0.3, -0.25) is 14.9 Å². The van der Waals surface area contributed by atoms with Gasteiger partial charge >= 0.3 is 0 Å². The SMILES string of the molecule is Cc1nc(C)c(CN2CCC(O)CC2)nc1C. The van der Waals surface area contributed by atoms with E-state index in [-0.39, 0.29) is 6.10 Å². The van der Waals surface area contributed by atoms with E-state index >= 15 is 0 Å². The van der Waals surface area contributed by atoms with Crippen molar-refractivity contribution in [2.45, 2.75) is 46.3 Å². The predicted octanol–water partition coefficient (Wildman–Crippen LogP) is 1.36. The molecule has 1 fully saturated rings. The molecule has 0 unspecified atom stereocenters. The van der Waals surface area contributed by atoms with Gasteiger partial charge in [-0.2, -0.15) is 0 Å². The Morgan fingerprint density at radius 1 is 1.06 bits per heavy atom. The minimum Gasteiger partial charge on any atom is -0.393 e. The highest BCUT2D eigenvalue weighted by atomic mass is 16.3. The highest BCUT2D eigenvalue weighted by molar-refractivity contribution is 5.17.